The number of benzene rings is 1. The molecule has 0 unspecified atom stereocenters. The summed E-state index contributed by atoms with van der Waals surface area (Å²) in [7, 11) is -6.36. The van der Waals surface area contributed by atoms with Gasteiger partial charge in [-0.15, -0.1) is 4.83 Å². The van der Waals surface area contributed by atoms with Crippen LogP contribution in [-0.4, -0.2) is 28.9 Å². The summed E-state index contributed by atoms with van der Waals surface area (Å²) in [5, 5.41) is 0. The molecule has 7 N–H and O–H groups in total. The van der Waals surface area contributed by atoms with E-state index in [0.717, 1.165) is 5.56 Å². The maximum absolute atomic E-state index is 11.5. The number of carbonyl (C=O) groups excluding carboxylic acids is 2. The molecule has 14 heteroatoms. The van der Waals surface area contributed by atoms with Gasteiger partial charge < -0.3 is 11.5 Å². The van der Waals surface area contributed by atoms with Crippen LogP contribution < -0.4 is 27.2 Å². The molecule has 0 fully saturated rings. The number of nitrogens with one attached hydrogen (secondary N) is 3. The van der Waals surface area contributed by atoms with E-state index in [0.29, 0.717) is 0 Å². The number of sulfonamides is 1. The number of amides is 4. The second kappa shape index (κ2) is 9.34. The third kappa shape index (κ3) is 9.77. The smallest absolute Gasteiger partial charge is 0.333 e. The number of hydrogen-bond donors (Lipinski definition) is 5. The van der Waals surface area contributed by atoms with E-state index in [1.807, 2.05) is 11.8 Å². The van der Waals surface area contributed by atoms with Crippen LogP contribution in [0.25, 0.3) is 0 Å². The summed E-state index contributed by atoms with van der Waals surface area (Å²) in [6.07, 6.45) is 0. The van der Waals surface area contributed by atoms with Crippen molar-refractivity contribution >= 4 is 32.6 Å². The summed E-state index contributed by atoms with van der Waals surface area (Å²) in [5.41, 5.74) is 13.4. The highest BCUT2D eigenvalue weighted by Gasteiger charge is 2.13. The first-order valence-corrected chi connectivity index (χ1v) is 8.05. The van der Waals surface area contributed by atoms with Gasteiger partial charge in [0.1, 0.15) is 0 Å². The Kier molecular flexibility index (Phi) is 8.24. The van der Waals surface area contributed by atoms with Crippen LogP contribution in [0.3, 0.4) is 0 Å². The van der Waals surface area contributed by atoms with E-state index < -0.39 is 32.6 Å². The average molecular weight is 366 g/mol. The van der Waals surface area contributed by atoms with Crippen LogP contribution in [0.2, 0.25) is 0 Å². The summed E-state index contributed by atoms with van der Waals surface area (Å²) < 4.78 is 44.4. The van der Waals surface area contributed by atoms with Crippen LogP contribution >= 0.6 is 0 Å². The molecular formula is C9H14N6O6S2. The van der Waals surface area contributed by atoms with Crippen molar-refractivity contribution in [3.05, 3.63) is 29.8 Å². The Morgan fingerprint density at radius 1 is 1.09 bits per heavy atom. The molecule has 1 aromatic carbocycles. The van der Waals surface area contributed by atoms with Crippen molar-refractivity contribution < 1.29 is 26.4 Å². The van der Waals surface area contributed by atoms with Gasteiger partial charge in [-0.2, -0.15) is 8.42 Å². The van der Waals surface area contributed by atoms with Crippen molar-refractivity contribution in [2.45, 2.75) is 11.8 Å². The van der Waals surface area contributed by atoms with Crippen molar-refractivity contribution in [1.82, 2.24) is 15.7 Å². The molecule has 0 atom stereocenters. The van der Waals surface area contributed by atoms with E-state index in [9.17, 15) is 26.4 Å². The summed E-state index contributed by atoms with van der Waals surface area (Å²) in [6, 6.07) is 4.19. The predicted molar refractivity (Wildman–Crippen MR) is 78.3 cm³/mol. The summed E-state index contributed by atoms with van der Waals surface area (Å²) in [5.74, 6) is 0. The summed E-state index contributed by atoms with van der Waals surface area (Å²) >= 11 is 0. The Labute approximate surface area is 132 Å². The topological polar surface area (TPSA) is 203 Å². The molecule has 0 aromatic heterocycles. The van der Waals surface area contributed by atoms with E-state index in [-0.39, 0.29) is 4.90 Å². The fourth-order valence-corrected chi connectivity index (χ4v) is 1.99. The zero-order valence-corrected chi connectivity index (χ0v) is 13.3. The molecule has 0 saturated heterocycles. The van der Waals surface area contributed by atoms with Gasteiger partial charge >= 0.3 is 22.6 Å². The van der Waals surface area contributed by atoms with Gasteiger partial charge in [-0.05, 0) is 23.5 Å². The maximum Gasteiger partial charge on any atom is 0.333 e. The van der Waals surface area contributed by atoms with Crippen molar-refractivity contribution in [3.63, 3.8) is 0 Å². The fraction of sp³-hybridized carbons (Fsp3) is 0.111. The lowest BCUT2D eigenvalue weighted by molar-refractivity contribution is 0.247. The van der Waals surface area contributed by atoms with Crippen LogP contribution in [0.1, 0.15) is 5.56 Å². The minimum absolute atomic E-state index is 0.0573. The van der Waals surface area contributed by atoms with E-state index in [2.05, 4.69) is 10.2 Å². The standard InChI is InChI=1S/C8H11N3O3S.CH3N3O3S/c1-6-2-4-7(5-3-6)15(13,14)11-10-8(9)12;2-1(5)3-4-8(6)7/h2-5,11H,1H3,(H3,9,10,12);(H3,2,3,5). The molecule has 1 rings (SSSR count). The number of nitrogens with zero attached hydrogens (tertiary/aromatic N) is 1. The van der Waals surface area contributed by atoms with Gasteiger partial charge in [0.05, 0.1) is 4.90 Å². The lowest BCUT2D eigenvalue weighted by atomic mass is 10.2. The lowest BCUT2D eigenvalue weighted by Crippen LogP contribution is -2.44. The molecule has 128 valence electrons. The van der Waals surface area contributed by atoms with Gasteiger partial charge in [0, 0.05) is 0 Å². The van der Waals surface area contributed by atoms with Crippen molar-refractivity contribution in [2.75, 3.05) is 0 Å². The molecule has 1 aromatic rings. The quantitative estimate of drug-likeness (QED) is 0.400. The zero-order valence-electron chi connectivity index (χ0n) is 11.7. The number of hydrogen-bond acceptors (Lipinski definition) is 7. The number of nitrogens with two attached hydrogens (primary N) is 2. The monoisotopic (exact) mass is 366 g/mol. The highest BCUT2D eigenvalue weighted by atomic mass is 32.2. The number of aryl methyl sites for hydroxylation is 1. The number of urea groups is 2. The van der Waals surface area contributed by atoms with Gasteiger partial charge in [-0.25, -0.2) is 23.4 Å². The SMILES string of the molecule is Cc1ccc(S(=O)(=O)NNC(N)=O)cc1.NC(=O)NN=S(=O)=O. The Morgan fingerprint density at radius 2 is 1.61 bits per heavy atom. The number of primary amides is 2. The molecular weight excluding hydrogens is 352 g/mol. The van der Waals surface area contributed by atoms with E-state index in [1.54, 1.807) is 17.6 Å². The molecule has 4 amide bonds. The Bertz CT molecular complexity index is 778. The number of carbonyl (C=O) groups is 2. The van der Waals surface area contributed by atoms with Crippen molar-refractivity contribution in [3.8, 4) is 0 Å². The Hall–Kier alpha value is -2.71. The van der Waals surface area contributed by atoms with Gasteiger partial charge in [0.25, 0.3) is 10.0 Å². The molecule has 12 nitrogen and oxygen atoms in total. The molecule has 0 bridgehead atoms. The largest absolute Gasteiger partial charge is 0.351 e. The number of hydrazine groups is 1. The minimum Gasteiger partial charge on any atom is -0.351 e. The molecule has 0 aliphatic heterocycles. The normalized spacial score (nSPS) is 9.78. The first-order valence-electron chi connectivity index (χ1n) is 5.54. The van der Waals surface area contributed by atoms with Gasteiger partial charge in [-0.3, -0.25) is 5.43 Å². The molecule has 0 aliphatic rings. The lowest BCUT2D eigenvalue weighted by Gasteiger charge is -2.06. The van der Waals surface area contributed by atoms with E-state index in [1.165, 1.54) is 17.6 Å². The highest BCUT2D eigenvalue weighted by Crippen LogP contribution is 2.08. The summed E-state index contributed by atoms with van der Waals surface area (Å²) in [4.78, 5) is 21.9. The van der Waals surface area contributed by atoms with Crippen LogP contribution in [0, 0.1) is 6.92 Å². The van der Waals surface area contributed by atoms with Crippen LogP contribution in [0.4, 0.5) is 9.59 Å². The zero-order chi connectivity index (χ0) is 18.0. The molecule has 0 radical (unpaired) electrons. The highest BCUT2D eigenvalue weighted by molar-refractivity contribution is 7.89. The molecule has 0 saturated carbocycles. The van der Waals surface area contributed by atoms with Crippen molar-refractivity contribution in [1.29, 1.82) is 0 Å². The van der Waals surface area contributed by atoms with Crippen LogP contribution in [-0.2, 0) is 20.5 Å². The Balaban J connectivity index is 0.000000515. The fourth-order valence-electron chi connectivity index (χ4n) is 0.976. The second-order valence-electron chi connectivity index (χ2n) is 3.69. The Morgan fingerprint density at radius 3 is 1.96 bits per heavy atom. The van der Waals surface area contributed by atoms with Crippen molar-refractivity contribution in [2.24, 2.45) is 15.9 Å². The first kappa shape index (κ1) is 20.3. The molecule has 23 heavy (non-hydrogen) atoms. The molecule has 0 spiro atoms. The first-order chi connectivity index (χ1) is 10.5. The van der Waals surface area contributed by atoms with Gasteiger partial charge in [-0.1, -0.05) is 17.7 Å². The average Bonchev–Trinajstić information content (AvgIpc) is 2.44. The third-order valence-corrected chi connectivity index (χ3v) is 3.37. The van der Waals surface area contributed by atoms with Gasteiger partial charge in [0.2, 0.25) is 0 Å². The van der Waals surface area contributed by atoms with Gasteiger partial charge in [0.15, 0.2) is 0 Å². The minimum atomic E-state index is -3.73. The number of rotatable bonds is 4. The predicted octanol–water partition coefficient (Wildman–Crippen LogP) is -1.51. The van der Waals surface area contributed by atoms with E-state index >= 15 is 0 Å². The molecule has 0 heterocycles. The summed E-state index contributed by atoms with van der Waals surface area (Å²) in [6.45, 7) is 1.84. The molecule has 0 aliphatic carbocycles. The van der Waals surface area contributed by atoms with Crippen LogP contribution in [0.5, 0.6) is 0 Å². The second-order valence-corrected chi connectivity index (χ2v) is 5.99. The van der Waals surface area contributed by atoms with E-state index in [4.69, 9.17) is 5.73 Å². The van der Waals surface area contributed by atoms with Crippen LogP contribution in [0.15, 0.2) is 33.6 Å². The third-order valence-electron chi connectivity index (χ3n) is 1.87. The maximum atomic E-state index is 11.5.